The first-order valence-corrected chi connectivity index (χ1v) is 14.8. The van der Waals surface area contributed by atoms with Crippen molar-refractivity contribution in [2.45, 2.75) is 44.7 Å². The summed E-state index contributed by atoms with van der Waals surface area (Å²) < 4.78 is 29.2. The lowest BCUT2D eigenvalue weighted by Crippen LogP contribution is -2.46. The van der Waals surface area contributed by atoms with Crippen molar-refractivity contribution in [3.63, 3.8) is 0 Å². The molecule has 0 fully saturated rings. The minimum atomic E-state index is -3.79. The maximum absolute atomic E-state index is 13.2. The van der Waals surface area contributed by atoms with Crippen LogP contribution in [-0.4, -0.2) is 30.9 Å². The van der Waals surface area contributed by atoms with E-state index in [1.807, 2.05) is 41.4 Å². The largest absolute Gasteiger partial charge is 0.409 e. The summed E-state index contributed by atoms with van der Waals surface area (Å²) in [7, 11) is -3.79. The molecule has 9 nitrogen and oxygen atoms in total. The Morgan fingerprint density at radius 2 is 1.52 bits per heavy atom. The number of hydrogen-bond donors (Lipinski definition) is 3. The number of rotatable bonds is 9. The van der Waals surface area contributed by atoms with Gasteiger partial charge in [0.2, 0.25) is 15.9 Å². The molecule has 4 N–H and O–H groups in total. The molecule has 10 heteroatoms. The van der Waals surface area contributed by atoms with Crippen molar-refractivity contribution in [1.29, 1.82) is 0 Å². The van der Waals surface area contributed by atoms with E-state index in [0.29, 0.717) is 34.6 Å². The number of nitrogens with one attached hydrogen (secondary N) is 1. The number of sulfonamides is 1. The molecule has 0 radical (unpaired) electrons. The van der Waals surface area contributed by atoms with Gasteiger partial charge in [0.25, 0.3) is 0 Å². The van der Waals surface area contributed by atoms with E-state index in [4.69, 9.17) is 5.73 Å². The van der Waals surface area contributed by atoms with E-state index in [9.17, 15) is 18.4 Å². The number of nitrogens with zero attached hydrogens (tertiary/aromatic N) is 3. The molecule has 0 aliphatic heterocycles. The third-order valence-corrected chi connectivity index (χ3v) is 8.12. The standard InChI is InChI=1S/C32H35N5O4S/c1-23(38)37(36(22-24-11-6-5-7-12-24)28-14-10-13-26(21-28)31(33)34-39)27-19-17-25(18-20-27)29-15-8-9-16-30(29)42(40,41)35-32(2,3)4/h5-21,35,39H,22H2,1-4H3,(H2,33,34). The number of amides is 1. The average molecular weight is 586 g/mol. The van der Waals surface area contributed by atoms with Crippen LogP contribution in [0.25, 0.3) is 11.1 Å². The molecule has 1 amide bonds. The zero-order chi connectivity index (χ0) is 30.5. The van der Waals surface area contributed by atoms with E-state index in [0.717, 1.165) is 5.56 Å². The summed E-state index contributed by atoms with van der Waals surface area (Å²) in [6, 6.07) is 30.7. The lowest BCUT2D eigenvalue weighted by atomic mass is 10.1. The molecule has 0 aliphatic rings. The lowest BCUT2D eigenvalue weighted by molar-refractivity contribution is -0.116. The second-order valence-electron chi connectivity index (χ2n) is 10.8. The predicted octanol–water partition coefficient (Wildman–Crippen LogP) is 5.50. The fourth-order valence-electron chi connectivity index (χ4n) is 4.59. The van der Waals surface area contributed by atoms with E-state index in [1.165, 1.54) is 6.92 Å². The maximum atomic E-state index is 13.2. The first-order valence-electron chi connectivity index (χ1n) is 13.3. The molecule has 0 saturated heterocycles. The summed E-state index contributed by atoms with van der Waals surface area (Å²) in [4.78, 5) is 13.4. The number of carbonyl (C=O) groups excluding carboxylic acids is 1. The molecule has 218 valence electrons. The van der Waals surface area contributed by atoms with Gasteiger partial charge >= 0.3 is 0 Å². The first kappa shape index (κ1) is 30.3. The van der Waals surface area contributed by atoms with E-state index in [1.54, 1.807) is 92.5 Å². The molecule has 0 bridgehead atoms. The van der Waals surface area contributed by atoms with Crippen molar-refractivity contribution >= 4 is 33.1 Å². The van der Waals surface area contributed by atoms with Crippen molar-refractivity contribution in [1.82, 2.24) is 4.72 Å². The van der Waals surface area contributed by atoms with Crippen molar-refractivity contribution < 1.29 is 18.4 Å². The summed E-state index contributed by atoms with van der Waals surface area (Å²) in [6.07, 6.45) is 0. The monoisotopic (exact) mass is 585 g/mol. The molecule has 0 atom stereocenters. The molecule has 42 heavy (non-hydrogen) atoms. The maximum Gasteiger partial charge on any atom is 0.242 e. The van der Waals surface area contributed by atoms with Crippen LogP contribution < -0.4 is 20.5 Å². The Labute approximate surface area is 246 Å². The number of hydrogen-bond acceptors (Lipinski definition) is 6. The van der Waals surface area contributed by atoms with Gasteiger partial charge in [0, 0.05) is 23.6 Å². The Morgan fingerprint density at radius 1 is 0.881 bits per heavy atom. The molecule has 0 aromatic heterocycles. The van der Waals surface area contributed by atoms with Gasteiger partial charge in [-0.15, -0.1) is 0 Å². The molecule has 4 rings (SSSR count). The van der Waals surface area contributed by atoms with Crippen LogP contribution >= 0.6 is 0 Å². The molecule has 0 spiro atoms. The Bertz CT molecular complexity index is 1680. The Hall–Kier alpha value is -4.67. The highest BCUT2D eigenvalue weighted by Crippen LogP contribution is 2.32. The van der Waals surface area contributed by atoms with Gasteiger partial charge < -0.3 is 10.9 Å². The number of oxime groups is 1. The Morgan fingerprint density at radius 3 is 2.14 bits per heavy atom. The van der Waals surface area contributed by atoms with Gasteiger partial charge in [-0.25, -0.2) is 18.1 Å². The number of anilines is 2. The Balaban J connectivity index is 1.78. The second-order valence-corrected chi connectivity index (χ2v) is 12.5. The molecule has 4 aromatic carbocycles. The zero-order valence-electron chi connectivity index (χ0n) is 24.0. The van der Waals surface area contributed by atoms with Gasteiger partial charge in [0.1, 0.15) is 0 Å². The van der Waals surface area contributed by atoms with Gasteiger partial charge in [-0.2, -0.15) is 0 Å². The quantitative estimate of drug-likeness (QED) is 0.103. The summed E-state index contributed by atoms with van der Waals surface area (Å²) in [5.41, 5.74) is 9.11. The molecule has 4 aromatic rings. The van der Waals surface area contributed by atoms with Crippen LogP contribution in [0.15, 0.2) is 113 Å². The highest BCUT2D eigenvalue weighted by Gasteiger charge is 2.26. The predicted molar refractivity (Wildman–Crippen MR) is 167 cm³/mol. The van der Waals surface area contributed by atoms with E-state index in [2.05, 4.69) is 9.88 Å². The van der Waals surface area contributed by atoms with Crippen LogP contribution in [0.3, 0.4) is 0 Å². The topological polar surface area (TPSA) is 128 Å². The molecule has 0 aliphatic carbocycles. The number of carbonyl (C=O) groups is 1. The van der Waals surface area contributed by atoms with E-state index in [-0.39, 0.29) is 16.6 Å². The molecule has 0 heterocycles. The second kappa shape index (κ2) is 12.5. The number of benzene rings is 4. The number of nitrogens with two attached hydrogens (primary N) is 1. The minimum Gasteiger partial charge on any atom is -0.409 e. The Kier molecular flexibility index (Phi) is 8.99. The van der Waals surface area contributed by atoms with Crippen LogP contribution in [0.2, 0.25) is 0 Å². The van der Waals surface area contributed by atoms with Crippen molar-refractivity contribution in [2.75, 3.05) is 10.0 Å². The summed E-state index contributed by atoms with van der Waals surface area (Å²) in [6.45, 7) is 7.20. The van der Waals surface area contributed by atoms with Crippen molar-refractivity contribution in [3.05, 3.63) is 114 Å². The van der Waals surface area contributed by atoms with Gasteiger partial charge in [-0.1, -0.05) is 78.0 Å². The van der Waals surface area contributed by atoms with E-state index >= 15 is 0 Å². The van der Waals surface area contributed by atoms with E-state index < -0.39 is 15.6 Å². The first-order chi connectivity index (χ1) is 19.9. The third kappa shape index (κ3) is 7.15. The summed E-state index contributed by atoms with van der Waals surface area (Å²) >= 11 is 0. The van der Waals surface area contributed by atoms with Crippen LogP contribution in [0.4, 0.5) is 11.4 Å². The fraction of sp³-hybridized carbons (Fsp3) is 0.188. The minimum absolute atomic E-state index is 0.0511. The molecular weight excluding hydrogens is 550 g/mol. The normalized spacial score (nSPS) is 12.1. The smallest absolute Gasteiger partial charge is 0.242 e. The summed E-state index contributed by atoms with van der Waals surface area (Å²) in [5, 5.41) is 15.7. The van der Waals surface area contributed by atoms with Crippen molar-refractivity contribution in [3.8, 4) is 11.1 Å². The SMILES string of the molecule is CC(=O)N(c1ccc(-c2ccccc2S(=O)(=O)NC(C)(C)C)cc1)N(Cc1ccccc1)c1cccc(C(N)=NO)c1. The van der Waals surface area contributed by atoms with Gasteiger partial charge in [-0.05, 0) is 62.2 Å². The zero-order valence-corrected chi connectivity index (χ0v) is 24.8. The number of hydrazine groups is 1. The van der Waals surface area contributed by atoms with Crippen LogP contribution in [-0.2, 0) is 21.4 Å². The fourth-order valence-corrected chi connectivity index (χ4v) is 6.24. The highest BCUT2D eigenvalue weighted by molar-refractivity contribution is 7.89. The average Bonchev–Trinajstić information content (AvgIpc) is 2.96. The van der Waals surface area contributed by atoms with Gasteiger partial charge in [0.05, 0.1) is 22.8 Å². The summed E-state index contributed by atoms with van der Waals surface area (Å²) in [5.74, 6) is -0.296. The molecular formula is C32H35N5O4S. The van der Waals surface area contributed by atoms with Crippen LogP contribution in [0.1, 0.15) is 38.8 Å². The van der Waals surface area contributed by atoms with Crippen LogP contribution in [0, 0.1) is 0 Å². The third-order valence-electron chi connectivity index (χ3n) is 6.30. The van der Waals surface area contributed by atoms with Gasteiger partial charge in [-0.3, -0.25) is 9.80 Å². The molecule has 0 saturated carbocycles. The van der Waals surface area contributed by atoms with Gasteiger partial charge in [0.15, 0.2) is 5.84 Å². The van der Waals surface area contributed by atoms with Crippen LogP contribution in [0.5, 0.6) is 0 Å². The lowest BCUT2D eigenvalue weighted by Gasteiger charge is -2.36. The number of amidine groups is 1. The molecule has 0 unspecified atom stereocenters. The highest BCUT2D eigenvalue weighted by atomic mass is 32.2. The van der Waals surface area contributed by atoms with Crippen molar-refractivity contribution in [2.24, 2.45) is 10.9 Å².